The lowest BCUT2D eigenvalue weighted by atomic mass is 10.1. The van der Waals surface area contributed by atoms with Gasteiger partial charge in [0, 0.05) is 12.6 Å². The van der Waals surface area contributed by atoms with Gasteiger partial charge in [0.25, 0.3) is 0 Å². The summed E-state index contributed by atoms with van der Waals surface area (Å²) in [6.07, 6.45) is -0.902. The van der Waals surface area contributed by atoms with E-state index in [0.717, 1.165) is 22.3 Å². The predicted molar refractivity (Wildman–Crippen MR) is 144 cm³/mol. The van der Waals surface area contributed by atoms with Crippen LogP contribution in [0.4, 0.5) is 4.79 Å². The number of rotatable bonds is 11. The minimum atomic E-state index is -1.11. The van der Waals surface area contributed by atoms with E-state index in [1.165, 1.54) is 12.0 Å². The molecule has 39 heavy (non-hydrogen) atoms. The van der Waals surface area contributed by atoms with E-state index >= 15 is 0 Å². The van der Waals surface area contributed by atoms with Gasteiger partial charge in [0.2, 0.25) is 0 Å². The molecule has 2 N–H and O–H groups in total. The van der Waals surface area contributed by atoms with Crippen LogP contribution in [0.5, 0.6) is 23.0 Å². The molecule has 0 spiro atoms. The number of aromatic amines is 1. The Hall–Kier alpha value is -4.73. The van der Waals surface area contributed by atoms with E-state index in [4.69, 9.17) is 18.9 Å². The van der Waals surface area contributed by atoms with Crippen molar-refractivity contribution in [3.8, 4) is 23.0 Å². The van der Waals surface area contributed by atoms with Crippen molar-refractivity contribution in [2.75, 3.05) is 14.2 Å². The van der Waals surface area contributed by atoms with Crippen LogP contribution in [0.15, 0.2) is 66.7 Å². The number of hydrogen-bond acceptors (Lipinski definition) is 7. The molecule has 1 aromatic heterocycles. The second-order valence-corrected chi connectivity index (χ2v) is 8.84. The second kappa shape index (κ2) is 12.2. The quantitative estimate of drug-likeness (QED) is 0.256. The van der Waals surface area contributed by atoms with Gasteiger partial charge in [0.05, 0.1) is 25.3 Å². The monoisotopic (exact) mass is 533 g/mol. The van der Waals surface area contributed by atoms with Crippen molar-refractivity contribution in [2.45, 2.75) is 39.0 Å². The standard InChI is InChI=1S/C29H31N3O7/c1-5-26(28(33)34)32(29(35)39-22-12-10-20(36-3)11-13-22)17-19-6-8-21(9-7-19)38-18(2)27-30-24-15-14-23(37-4)16-25(24)31-27/h6-16,18,26H,5,17H2,1-4H3,(H,30,31)(H,33,34). The molecule has 0 aliphatic carbocycles. The van der Waals surface area contributed by atoms with Crippen molar-refractivity contribution < 1.29 is 33.6 Å². The van der Waals surface area contributed by atoms with Crippen molar-refractivity contribution in [1.82, 2.24) is 14.9 Å². The average molecular weight is 534 g/mol. The third-order valence-electron chi connectivity index (χ3n) is 6.23. The highest BCUT2D eigenvalue weighted by Crippen LogP contribution is 2.26. The highest BCUT2D eigenvalue weighted by molar-refractivity contribution is 5.81. The summed E-state index contributed by atoms with van der Waals surface area (Å²) in [5.74, 6) is 1.79. The number of methoxy groups -OCH3 is 2. The van der Waals surface area contributed by atoms with Crippen molar-refractivity contribution in [3.63, 3.8) is 0 Å². The first-order chi connectivity index (χ1) is 18.8. The summed E-state index contributed by atoms with van der Waals surface area (Å²) in [4.78, 5) is 34.0. The van der Waals surface area contributed by atoms with E-state index in [9.17, 15) is 14.7 Å². The topological polar surface area (TPSA) is 123 Å². The van der Waals surface area contributed by atoms with Gasteiger partial charge in [-0.05, 0) is 67.4 Å². The number of carboxylic acids is 1. The zero-order chi connectivity index (χ0) is 27.9. The summed E-state index contributed by atoms with van der Waals surface area (Å²) >= 11 is 0. The van der Waals surface area contributed by atoms with Gasteiger partial charge in [0.15, 0.2) is 6.10 Å². The van der Waals surface area contributed by atoms with Crippen LogP contribution in [-0.2, 0) is 11.3 Å². The highest BCUT2D eigenvalue weighted by Gasteiger charge is 2.30. The Kier molecular flexibility index (Phi) is 8.55. The lowest BCUT2D eigenvalue weighted by Gasteiger charge is -2.27. The van der Waals surface area contributed by atoms with Gasteiger partial charge in [-0.3, -0.25) is 4.90 Å². The van der Waals surface area contributed by atoms with Gasteiger partial charge in [-0.2, -0.15) is 0 Å². The Labute approximate surface area is 226 Å². The minimum absolute atomic E-state index is 0.0427. The summed E-state index contributed by atoms with van der Waals surface area (Å²) in [5, 5.41) is 9.74. The molecule has 0 aliphatic heterocycles. The Morgan fingerprint density at radius 2 is 1.54 bits per heavy atom. The molecule has 0 saturated heterocycles. The number of imidazole rings is 1. The van der Waals surface area contributed by atoms with E-state index in [-0.39, 0.29) is 24.8 Å². The van der Waals surface area contributed by atoms with E-state index in [2.05, 4.69) is 9.97 Å². The second-order valence-electron chi connectivity index (χ2n) is 8.84. The number of carbonyl (C=O) groups excluding carboxylic acids is 1. The fourth-order valence-electron chi connectivity index (χ4n) is 4.09. The van der Waals surface area contributed by atoms with E-state index in [1.807, 2.05) is 25.1 Å². The summed E-state index contributed by atoms with van der Waals surface area (Å²) in [6.45, 7) is 3.64. The largest absolute Gasteiger partial charge is 0.497 e. The normalized spacial score (nSPS) is 12.4. The Bertz CT molecular complexity index is 1420. The number of aromatic nitrogens is 2. The smallest absolute Gasteiger partial charge is 0.416 e. The fourth-order valence-corrected chi connectivity index (χ4v) is 4.09. The molecule has 0 aliphatic rings. The maximum absolute atomic E-state index is 13.0. The number of carbonyl (C=O) groups is 2. The number of carboxylic acid groups (broad SMARTS) is 1. The maximum atomic E-state index is 13.0. The number of fused-ring (bicyclic) bond motifs is 1. The molecule has 1 amide bonds. The molecular formula is C29H31N3O7. The van der Waals surface area contributed by atoms with Crippen LogP contribution in [0, 0.1) is 0 Å². The minimum Gasteiger partial charge on any atom is -0.497 e. The van der Waals surface area contributed by atoms with E-state index in [0.29, 0.717) is 17.3 Å². The number of H-pyrrole nitrogens is 1. The number of benzene rings is 3. The summed E-state index contributed by atoms with van der Waals surface area (Å²) in [5.41, 5.74) is 2.38. The summed E-state index contributed by atoms with van der Waals surface area (Å²) in [6, 6.07) is 18.1. The Morgan fingerprint density at radius 3 is 2.15 bits per heavy atom. The first kappa shape index (κ1) is 27.3. The van der Waals surface area contributed by atoms with Crippen LogP contribution >= 0.6 is 0 Å². The van der Waals surface area contributed by atoms with Crippen LogP contribution in [0.2, 0.25) is 0 Å². The molecule has 1 heterocycles. The van der Waals surface area contributed by atoms with E-state index in [1.54, 1.807) is 62.6 Å². The predicted octanol–water partition coefficient (Wildman–Crippen LogP) is 5.58. The molecule has 2 atom stereocenters. The molecule has 204 valence electrons. The molecule has 0 bridgehead atoms. The van der Waals surface area contributed by atoms with E-state index < -0.39 is 18.1 Å². The van der Waals surface area contributed by atoms with Crippen LogP contribution in [-0.4, -0.2) is 52.3 Å². The van der Waals surface area contributed by atoms with Gasteiger partial charge in [0.1, 0.15) is 34.9 Å². The van der Waals surface area contributed by atoms with Crippen molar-refractivity contribution in [1.29, 1.82) is 0 Å². The van der Waals surface area contributed by atoms with Crippen molar-refractivity contribution >= 4 is 23.1 Å². The first-order valence-corrected chi connectivity index (χ1v) is 12.5. The molecule has 3 aromatic carbocycles. The molecule has 2 unspecified atom stereocenters. The zero-order valence-electron chi connectivity index (χ0n) is 22.2. The number of aliphatic carboxylic acids is 1. The van der Waals surface area contributed by atoms with Crippen molar-refractivity contribution in [2.24, 2.45) is 0 Å². The number of nitrogens with one attached hydrogen (secondary N) is 1. The molecule has 0 saturated carbocycles. The van der Waals surface area contributed by atoms with Gasteiger partial charge < -0.3 is 29.0 Å². The van der Waals surface area contributed by atoms with Crippen LogP contribution < -0.4 is 18.9 Å². The summed E-state index contributed by atoms with van der Waals surface area (Å²) < 4.78 is 21.9. The lowest BCUT2D eigenvalue weighted by molar-refractivity contribution is -0.142. The Balaban J connectivity index is 1.45. The number of nitrogens with zero attached hydrogens (tertiary/aromatic N) is 2. The maximum Gasteiger partial charge on any atom is 0.416 e. The molecule has 10 nitrogen and oxygen atoms in total. The van der Waals surface area contributed by atoms with Gasteiger partial charge in [-0.15, -0.1) is 0 Å². The summed E-state index contributed by atoms with van der Waals surface area (Å²) in [7, 11) is 3.15. The third-order valence-corrected chi connectivity index (χ3v) is 6.23. The van der Waals surface area contributed by atoms with Gasteiger partial charge in [-0.1, -0.05) is 19.1 Å². The first-order valence-electron chi connectivity index (χ1n) is 12.5. The van der Waals surface area contributed by atoms with Crippen LogP contribution in [0.1, 0.15) is 37.8 Å². The number of amides is 1. The molecule has 10 heteroatoms. The number of ether oxygens (including phenoxy) is 4. The van der Waals surface area contributed by atoms with Crippen LogP contribution in [0.25, 0.3) is 11.0 Å². The molecule has 4 aromatic rings. The molecule has 0 radical (unpaired) electrons. The molecular weight excluding hydrogens is 502 g/mol. The Morgan fingerprint density at radius 1 is 0.923 bits per heavy atom. The molecule has 0 fully saturated rings. The fraction of sp³-hybridized carbons (Fsp3) is 0.276. The zero-order valence-corrected chi connectivity index (χ0v) is 22.2. The van der Waals surface area contributed by atoms with Gasteiger partial charge in [-0.25, -0.2) is 14.6 Å². The van der Waals surface area contributed by atoms with Crippen molar-refractivity contribution in [3.05, 3.63) is 78.1 Å². The molecule has 4 rings (SSSR count). The van der Waals surface area contributed by atoms with Gasteiger partial charge >= 0.3 is 12.1 Å². The van der Waals surface area contributed by atoms with Crippen LogP contribution in [0.3, 0.4) is 0 Å². The average Bonchev–Trinajstić information content (AvgIpc) is 3.38. The lowest BCUT2D eigenvalue weighted by Crippen LogP contribution is -2.45. The SMILES string of the molecule is CCC(C(=O)O)N(Cc1ccc(OC(C)c2nc3ccc(OC)cc3[nH]2)cc1)C(=O)Oc1ccc(OC)cc1. The third kappa shape index (κ3) is 6.59. The highest BCUT2D eigenvalue weighted by atomic mass is 16.6. The number of hydrogen-bond donors (Lipinski definition) is 2.